The van der Waals surface area contributed by atoms with Crippen LogP contribution in [0.3, 0.4) is 0 Å². The number of nitrogens with one attached hydrogen (secondary N) is 1. The second-order valence-corrected chi connectivity index (χ2v) is 6.82. The lowest BCUT2D eigenvalue weighted by atomic mass is 9.72. The second-order valence-electron chi connectivity index (χ2n) is 6.82. The van der Waals surface area contributed by atoms with E-state index in [1.54, 1.807) is 0 Å². The number of hydrogen-bond donors (Lipinski definition) is 1. The largest absolute Gasteiger partial charge is 0.350 e. The fourth-order valence-electron chi connectivity index (χ4n) is 1.71. The third-order valence-electron chi connectivity index (χ3n) is 2.61. The first-order chi connectivity index (χ1) is 7.43. The number of carbonyl (C=O) groups is 1. The van der Waals surface area contributed by atoms with Crippen molar-refractivity contribution in [1.29, 1.82) is 0 Å². The molecule has 1 unspecified atom stereocenters. The Hall–Kier alpha value is -0.670. The van der Waals surface area contributed by atoms with Crippen molar-refractivity contribution >= 4 is 5.91 Å². The van der Waals surface area contributed by atoms with E-state index in [2.05, 4.69) is 5.32 Å². The van der Waals surface area contributed by atoms with Gasteiger partial charge in [0, 0.05) is 5.92 Å². The van der Waals surface area contributed by atoms with Crippen molar-refractivity contribution in [3.63, 3.8) is 0 Å². The van der Waals surface area contributed by atoms with Crippen molar-refractivity contribution in [3.8, 4) is 0 Å². The first kappa shape index (κ1) is 16.3. The molecule has 0 heterocycles. The molecule has 0 radical (unpaired) electrons. The van der Waals surface area contributed by atoms with Crippen LogP contribution >= 0.6 is 0 Å². The van der Waals surface area contributed by atoms with E-state index >= 15 is 0 Å². The van der Waals surface area contributed by atoms with E-state index in [1.807, 2.05) is 41.5 Å². The lowest BCUT2D eigenvalue weighted by Gasteiger charge is -2.34. The molecule has 1 N–H and O–H groups in total. The smallest absolute Gasteiger partial charge is 0.255 e. The molecule has 0 rings (SSSR count). The van der Waals surface area contributed by atoms with Crippen LogP contribution in [0.2, 0.25) is 0 Å². The van der Waals surface area contributed by atoms with E-state index < -0.39 is 13.0 Å². The molecule has 0 saturated heterocycles. The molecule has 0 aromatic rings. The summed E-state index contributed by atoms with van der Waals surface area (Å²) >= 11 is 0. The van der Waals surface area contributed by atoms with Gasteiger partial charge in [0.1, 0.15) is 0 Å². The molecule has 0 aromatic carbocycles. The molecular weight excluding hydrogens is 224 g/mol. The summed E-state index contributed by atoms with van der Waals surface area (Å²) in [7, 11) is 0. The summed E-state index contributed by atoms with van der Waals surface area (Å²) in [5.74, 6) is -0.519. The van der Waals surface area contributed by atoms with Crippen LogP contribution in [-0.2, 0) is 4.79 Å². The van der Waals surface area contributed by atoms with Gasteiger partial charge >= 0.3 is 0 Å². The average molecular weight is 249 g/mol. The monoisotopic (exact) mass is 249 g/mol. The lowest BCUT2D eigenvalue weighted by molar-refractivity contribution is -0.130. The van der Waals surface area contributed by atoms with Crippen LogP contribution in [0.1, 0.15) is 48.0 Å². The molecule has 1 atom stereocenters. The van der Waals surface area contributed by atoms with Crippen LogP contribution < -0.4 is 5.32 Å². The van der Waals surface area contributed by atoms with Gasteiger partial charge in [0.05, 0.1) is 6.54 Å². The molecule has 0 aromatic heterocycles. The Morgan fingerprint density at radius 1 is 1.12 bits per heavy atom. The molecule has 0 aliphatic carbocycles. The molecule has 4 heteroatoms. The standard InChI is InChI=1S/C13H25F2NO/c1-12(2,3)7-9(13(4,5)6)11(17)16-8-10(14)15/h9-10H,7-8H2,1-6H3,(H,16,17). The van der Waals surface area contributed by atoms with Crippen molar-refractivity contribution in [2.75, 3.05) is 6.54 Å². The summed E-state index contributed by atoms with van der Waals surface area (Å²) in [6.45, 7) is 11.5. The number of halogens is 2. The highest BCUT2D eigenvalue weighted by atomic mass is 19.3. The van der Waals surface area contributed by atoms with E-state index in [0.29, 0.717) is 6.42 Å². The van der Waals surface area contributed by atoms with Gasteiger partial charge in [-0.2, -0.15) is 0 Å². The van der Waals surface area contributed by atoms with Crippen molar-refractivity contribution in [3.05, 3.63) is 0 Å². The molecule has 17 heavy (non-hydrogen) atoms. The normalized spacial score (nSPS) is 14.9. The highest BCUT2D eigenvalue weighted by molar-refractivity contribution is 5.79. The van der Waals surface area contributed by atoms with Gasteiger partial charge in [-0.25, -0.2) is 8.78 Å². The lowest BCUT2D eigenvalue weighted by Crippen LogP contribution is -2.41. The minimum absolute atomic E-state index is 0.000116. The zero-order valence-corrected chi connectivity index (χ0v) is 11.7. The van der Waals surface area contributed by atoms with Crippen LogP contribution in [0, 0.1) is 16.7 Å². The molecule has 0 saturated carbocycles. The molecular formula is C13H25F2NO. The number of amides is 1. The van der Waals surface area contributed by atoms with Gasteiger partial charge in [0.15, 0.2) is 0 Å². The molecule has 0 spiro atoms. The summed E-state index contributed by atoms with van der Waals surface area (Å²) in [4.78, 5) is 11.9. The van der Waals surface area contributed by atoms with Crippen LogP contribution in [0.25, 0.3) is 0 Å². The van der Waals surface area contributed by atoms with Gasteiger partial charge in [-0.05, 0) is 17.3 Å². The topological polar surface area (TPSA) is 29.1 Å². The van der Waals surface area contributed by atoms with Crippen molar-refractivity contribution in [1.82, 2.24) is 5.32 Å². The minimum Gasteiger partial charge on any atom is -0.350 e. The Labute approximate surface area is 103 Å². The van der Waals surface area contributed by atoms with E-state index in [1.165, 1.54) is 0 Å². The van der Waals surface area contributed by atoms with Gasteiger partial charge < -0.3 is 5.32 Å². The van der Waals surface area contributed by atoms with Gasteiger partial charge in [-0.3, -0.25) is 4.79 Å². The summed E-state index contributed by atoms with van der Waals surface area (Å²) < 4.78 is 24.2. The molecule has 102 valence electrons. The maximum atomic E-state index is 12.1. The zero-order chi connectivity index (χ0) is 13.9. The predicted molar refractivity (Wildman–Crippen MR) is 66.0 cm³/mol. The second kappa shape index (κ2) is 5.78. The Morgan fingerprint density at radius 3 is 1.88 bits per heavy atom. The first-order valence-electron chi connectivity index (χ1n) is 5.99. The molecule has 2 nitrogen and oxygen atoms in total. The summed E-state index contributed by atoms with van der Waals surface area (Å²) in [5, 5.41) is 2.32. The Kier molecular flexibility index (Phi) is 5.56. The number of rotatable bonds is 4. The molecule has 0 aliphatic rings. The fraction of sp³-hybridized carbons (Fsp3) is 0.923. The highest BCUT2D eigenvalue weighted by Crippen LogP contribution is 2.36. The van der Waals surface area contributed by atoms with Crippen molar-refractivity contribution < 1.29 is 13.6 Å². The third kappa shape index (κ3) is 7.29. The molecule has 1 amide bonds. The molecule has 0 aliphatic heterocycles. The SMILES string of the molecule is CC(C)(C)CC(C(=O)NCC(F)F)C(C)(C)C. The van der Waals surface area contributed by atoms with Crippen LogP contribution in [-0.4, -0.2) is 18.9 Å². The maximum absolute atomic E-state index is 12.1. The Bertz CT molecular complexity index is 251. The predicted octanol–water partition coefficient (Wildman–Crippen LogP) is 3.47. The first-order valence-corrected chi connectivity index (χ1v) is 5.99. The van der Waals surface area contributed by atoms with Crippen molar-refractivity contribution in [2.45, 2.75) is 54.4 Å². The summed E-state index contributed by atoms with van der Waals surface area (Å²) in [6.07, 6.45) is -1.81. The van der Waals surface area contributed by atoms with E-state index in [9.17, 15) is 13.6 Å². The maximum Gasteiger partial charge on any atom is 0.255 e. The Morgan fingerprint density at radius 2 is 1.59 bits per heavy atom. The van der Waals surface area contributed by atoms with Gasteiger partial charge in [0.25, 0.3) is 6.43 Å². The van der Waals surface area contributed by atoms with E-state index in [-0.39, 0.29) is 22.7 Å². The Balaban J connectivity index is 4.65. The molecule has 0 fully saturated rings. The third-order valence-corrected chi connectivity index (χ3v) is 2.61. The minimum atomic E-state index is -2.49. The van der Waals surface area contributed by atoms with Crippen LogP contribution in [0.5, 0.6) is 0 Å². The van der Waals surface area contributed by atoms with Gasteiger partial charge in [0.2, 0.25) is 5.91 Å². The number of carbonyl (C=O) groups excluding carboxylic acids is 1. The quantitative estimate of drug-likeness (QED) is 0.812. The zero-order valence-electron chi connectivity index (χ0n) is 11.7. The van der Waals surface area contributed by atoms with Gasteiger partial charge in [-0.1, -0.05) is 41.5 Å². The molecule has 0 bridgehead atoms. The summed E-state index contributed by atoms with van der Waals surface area (Å²) in [6, 6.07) is 0. The highest BCUT2D eigenvalue weighted by Gasteiger charge is 2.34. The average Bonchev–Trinajstić information content (AvgIpc) is 2.07. The number of hydrogen-bond acceptors (Lipinski definition) is 1. The van der Waals surface area contributed by atoms with Crippen LogP contribution in [0.15, 0.2) is 0 Å². The van der Waals surface area contributed by atoms with Crippen LogP contribution in [0.4, 0.5) is 8.78 Å². The number of alkyl halides is 2. The summed E-state index contributed by atoms with van der Waals surface area (Å²) in [5.41, 5.74) is -0.223. The van der Waals surface area contributed by atoms with E-state index in [4.69, 9.17) is 0 Å². The van der Waals surface area contributed by atoms with Gasteiger partial charge in [-0.15, -0.1) is 0 Å². The van der Waals surface area contributed by atoms with Crippen molar-refractivity contribution in [2.24, 2.45) is 16.7 Å². The van der Waals surface area contributed by atoms with E-state index in [0.717, 1.165) is 0 Å². The fourth-order valence-corrected chi connectivity index (χ4v) is 1.71.